The van der Waals surface area contributed by atoms with Crippen LogP contribution in [-0.4, -0.2) is 66.7 Å². The Morgan fingerprint density at radius 2 is 0.656 bits per heavy atom. The van der Waals surface area contributed by atoms with E-state index in [1.165, 1.54) is 264 Å². The van der Waals surface area contributed by atoms with Gasteiger partial charge in [-0.3, -0.25) is 14.7 Å². The molecule has 0 spiro atoms. The van der Waals surface area contributed by atoms with E-state index in [1.807, 2.05) is 0 Å². The van der Waals surface area contributed by atoms with Crippen molar-refractivity contribution in [2.45, 2.75) is 271 Å². The van der Waals surface area contributed by atoms with Crippen molar-refractivity contribution in [2.75, 3.05) is 45.8 Å². The molecule has 0 aromatic heterocycles. The molecule has 1 heterocycles. The third-order valence-electron chi connectivity index (χ3n) is 13.4. The Hall–Kier alpha value is -1.68. The monoisotopic (exact) mass is 888 g/mol. The van der Waals surface area contributed by atoms with Gasteiger partial charge in [-0.2, -0.15) is 0 Å². The van der Waals surface area contributed by atoms with Gasteiger partial charge in [0.1, 0.15) is 0 Å². The lowest BCUT2D eigenvalue weighted by atomic mass is 10.1. The van der Waals surface area contributed by atoms with E-state index in [9.17, 15) is 0 Å². The van der Waals surface area contributed by atoms with E-state index in [-0.39, 0.29) is 0 Å². The minimum Gasteiger partial charge on any atom is -0.299 e. The maximum atomic E-state index is 2.98. The highest BCUT2D eigenvalue weighted by atomic mass is 15.4. The molecule has 1 atom stereocenters. The molecule has 0 saturated carbocycles. The van der Waals surface area contributed by atoms with Crippen LogP contribution in [0, 0.1) is 0 Å². The Labute approximate surface area is 403 Å². The van der Waals surface area contributed by atoms with E-state index in [0.29, 0.717) is 6.17 Å². The average Bonchev–Trinajstić information content (AvgIpc) is 3.30. The van der Waals surface area contributed by atoms with Gasteiger partial charge in [-0.05, 0) is 148 Å². The fraction of sp³-hybridized carbons (Fsp3) is 0.803. The Balaban J connectivity index is 2.53. The molecule has 0 aromatic rings. The summed E-state index contributed by atoms with van der Waals surface area (Å²) in [4.78, 5) is 8.70. The molecule has 0 bridgehead atoms. The zero-order valence-corrected chi connectivity index (χ0v) is 44.0. The first-order chi connectivity index (χ1) is 31.8. The SMILES string of the molecule is CCCCC/C=C\C/C=C\CCCCCCCCN(CCCCCCCC/C=C\C/C=C\CCCCC)C1CN(CCC)CCN1CCCCCCCC/C=C\C/C=C\CCCCC. The summed E-state index contributed by atoms with van der Waals surface area (Å²) in [5, 5.41) is 0. The second-order valence-corrected chi connectivity index (χ2v) is 19.6. The lowest BCUT2D eigenvalue weighted by Crippen LogP contribution is -2.60. The van der Waals surface area contributed by atoms with Gasteiger partial charge in [0.25, 0.3) is 0 Å². The lowest BCUT2D eigenvalue weighted by molar-refractivity contribution is -0.0247. The second kappa shape index (κ2) is 50.7. The van der Waals surface area contributed by atoms with Crippen LogP contribution in [0.5, 0.6) is 0 Å². The van der Waals surface area contributed by atoms with E-state index in [4.69, 9.17) is 0 Å². The van der Waals surface area contributed by atoms with Gasteiger partial charge in [0.05, 0.1) is 6.17 Å². The Bertz CT molecular complexity index is 1050. The quantitative estimate of drug-likeness (QED) is 0.0445. The molecule has 0 amide bonds. The largest absolute Gasteiger partial charge is 0.299 e. The molecule has 3 nitrogen and oxygen atoms in total. The van der Waals surface area contributed by atoms with E-state index in [1.54, 1.807) is 0 Å². The standard InChI is InChI=1S/C61H113N3/c1-5-9-12-15-18-21-24-27-30-33-36-39-42-45-48-51-55-63(56-52-49-46-43-40-37-34-31-28-25-22-19-16-13-10-6-2)61-60-62(54-8-4)58-59-64(61)57-53-50-47-44-41-38-35-32-29-26-23-20-17-14-11-7-3/h18-23,27-32,61H,5-17,24-26,33-60H2,1-4H3/b21-18-,22-19-,23-20-,30-27-,31-28-,32-29-. The molecule has 1 aliphatic heterocycles. The van der Waals surface area contributed by atoms with Crippen LogP contribution in [0.1, 0.15) is 265 Å². The minimum atomic E-state index is 0.606. The number of piperazine rings is 1. The summed E-state index contributed by atoms with van der Waals surface area (Å²) in [6.07, 6.45) is 78.5. The van der Waals surface area contributed by atoms with E-state index in [0.717, 1.165) is 19.3 Å². The third kappa shape index (κ3) is 40.6. The summed E-state index contributed by atoms with van der Waals surface area (Å²) in [5.41, 5.74) is 0. The van der Waals surface area contributed by atoms with Crippen molar-refractivity contribution in [2.24, 2.45) is 0 Å². The summed E-state index contributed by atoms with van der Waals surface area (Å²) in [5.74, 6) is 0. The number of rotatable bonds is 48. The number of nitrogens with zero attached hydrogens (tertiary/aromatic N) is 3. The molecule has 0 aliphatic carbocycles. The predicted octanol–water partition coefficient (Wildman–Crippen LogP) is 19.1. The first kappa shape index (κ1) is 60.3. The molecule has 0 aromatic carbocycles. The highest BCUT2D eigenvalue weighted by molar-refractivity contribution is 4.94. The lowest BCUT2D eigenvalue weighted by Gasteiger charge is -2.47. The van der Waals surface area contributed by atoms with Crippen LogP contribution in [0.3, 0.4) is 0 Å². The maximum absolute atomic E-state index is 2.98. The van der Waals surface area contributed by atoms with E-state index < -0.39 is 0 Å². The van der Waals surface area contributed by atoms with Crippen molar-refractivity contribution in [3.05, 3.63) is 72.9 Å². The minimum absolute atomic E-state index is 0.606. The zero-order valence-electron chi connectivity index (χ0n) is 44.0. The van der Waals surface area contributed by atoms with Crippen LogP contribution in [0.2, 0.25) is 0 Å². The molecule has 0 N–H and O–H groups in total. The molecular formula is C61H113N3. The van der Waals surface area contributed by atoms with Gasteiger partial charge in [0, 0.05) is 19.6 Å². The first-order valence-electron chi connectivity index (χ1n) is 28.9. The smallest absolute Gasteiger partial charge is 0.0754 e. The van der Waals surface area contributed by atoms with Gasteiger partial charge >= 0.3 is 0 Å². The molecule has 1 aliphatic rings. The maximum Gasteiger partial charge on any atom is 0.0754 e. The number of allylic oxidation sites excluding steroid dienone is 12. The van der Waals surface area contributed by atoms with Gasteiger partial charge in [0.2, 0.25) is 0 Å². The summed E-state index contributed by atoms with van der Waals surface area (Å²) >= 11 is 0. The summed E-state index contributed by atoms with van der Waals surface area (Å²) in [6, 6.07) is 0. The molecule has 1 unspecified atom stereocenters. The summed E-state index contributed by atoms with van der Waals surface area (Å²) < 4.78 is 0. The molecule has 1 saturated heterocycles. The molecule has 1 rings (SSSR count). The highest BCUT2D eigenvalue weighted by Gasteiger charge is 2.30. The molecule has 64 heavy (non-hydrogen) atoms. The fourth-order valence-electron chi connectivity index (χ4n) is 9.30. The Kier molecular flexibility index (Phi) is 47.8. The third-order valence-corrected chi connectivity index (χ3v) is 13.4. The van der Waals surface area contributed by atoms with E-state index in [2.05, 4.69) is 115 Å². The average molecular weight is 889 g/mol. The second-order valence-electron chi connectivity index (χ2n) is 19.6. The van der Waals surface area contributed by atoms with Gasteiger partial charge in [-0.15, -0.1) is 0 Å². The van der Waals surface area contributed by atoms with Crippen LogP contribution >= 0.6 is 0 Å². The van der Waals surface area contributed by atoms with Crippen LogP contribution in [-0.2, 0) is 0 Å². The van der Waals surface area contributed by atoms with Gasteiger partial charge in [0.15, 0.2) is 0 Å². The highest BCUT2D eigenvalue weighted by Crippen LogP contribution is 2.20. The molecule has 372 valence electrons. The number of unbranched alkanes of at least 4 members (excludes halogenated alkanes) is 27. The van der Waals surface area contributed by atoms with Crippen LogP contribution < -0.4 is 0 Å². The van der Waals surface area contributed by atoms with E-state index >= 15 is 0 Å². The van der Waals surface area contributed by atoms with Crippen LogP contribution in [0.15, 0.2) is 72.9 Å². The summed E-state index contributed by atoms with van der Waals surface area (Å²) in [6.45, 7) is 18.1. The van der Waals surface area contributed by atoms with Crippen molar-refractivity contribution in [1.29, 1.82) is 0 Å². The summed E-state index contributed by atoms with van der Waals surface area (Å²) in [7, 11) is 0. The number of hydrogen-bond donors (Lipinski definition) is 0. The topological polar surface area (TPSA) is 9.72 Å². The van der Waals surface area contributed by atoms with Crippen molar-refractivity contribution in [3.8, 4) is 0 Å². The van der Waals surface area contributed by atoms with Crippen molar-refractivity contribution < 1.29 is 0 Å². The molecule has 3 heteroatoms. The van der Waals surface area contributed by atoms with Crippen molar-refractivity contribution >= 4 is 0 Å². The Morgan fingerprint density at radius 3 is 1.02 bits per heavy atom. The first-order valence-corrected chi connectivity index (χ1v) is 28.9. The Morgan fingerprint density at radius 1 is 0.328 bits per heavy atom. The van der Waals surface area contributed by atoms with Gasteiger partial charge in [-0.1, -0.05) is 216 Å². The van der Waals surface area contributed by atoms with Crippen LogP contribution in [0.4, 0.5) is 0 Å². The zero-order chi connectivity index (χ0) is 45.9. The van der Waals surface area contributed by atoms with Crippen LogP contribution in [0.25, 0.3) is 0 Å². The molecule has 1 fully saturated rings. The van der Waals surface area contributed by atoms with Gasteiger partial charge < -0.3 is 0 Å². The predicted molar refractivity (Wildman–Crippen MR) is 292 cm³/mol. The van der Waals surface area contributed by atoms with Crippen molar-refractivity contribution in [1.82, 2.24) is 14.7 Å². The number of hydrogen-bond acceptors (Lipinski definition) is 3. The van der Waals surface area contributed by atoms with Crippen molar-refractivity contribution in [3.63, 3.8) is 0 Å². The van der Waals surface area contributed by atoms with Gasteiger partial charge in [-0.25, -0.2) is 0 Å². The normalized spacial score (nSPS) is 15.8. The molecular weight excluding hydrogens is 775 g/mol. The fourth-order valence-corrected chi connectivity index (χ4v) is 9.30. The molecule has 0 radical (unpaired) electrons.